The van der Waals surface area contributed by atoms with E-state index in [1.54, 1.807) is 0 Å². The topological polar surface area (TPSA) is 17.3 Å². The first-order chi connectivity index (χ1) is 18.5. The Bertz CT molecular complexity index is 1730. The van der Waals surface area contributed by atoms with E-state index in [0.717, 1.165) is 48.8 Å². The van der Waals surface area contributed by atoms with Gasteiger partial charge < -0.3 is 4.48 Å². The molecule has 0 radical (unpaired) electrons. The Hall–Kier alpha value is -4.51. The Kier molecular flexibility index (Phi) is 6.12. The second-order valence-electron chi connectivity index (χ2n) is 9.61. The van der Waals surface area contributed by atoms with E-state index in [4.69, 9.17) is 4.99 Å². The van der Waals surface area contributed by atoms with Crippen LogP contribution in [0.1, 0.15) is 27.9 Å². The fraction of sp³-hybridized carbons (Fsp3) is 0.0606. The number of benzene rings is 4. The first-order valence-corrected chi connectivity index (χ1v) is 12.6. The van der Waals surface area contributed by atoms with Gasteiger partial charge in [0.2, 0.25) is 0 Å². The molecule has 0 atom stereocenters. The van der Waals surface area contributed by atoms with Gasteiger partial charge in [0.25, 0.3) is 0 Å². The molecule has 0 N–H and O–H groups in total. The lowest BCUT2D eigenvalue weighted by Crippen LogP contribution is -2.16. The second kappa shape index (κ2) is 9.75. The molecule has 5 aromatic rings. The number of allylic oxidation sites excluding steroid dienone is 2. The summed E-state index contributed by atoms with van der Waals surface area (Å²) in [6, 6.07) is 33.5. The average Bonchev–Trinajstić information content (AvgIpc) is 3.50. The van der Waals surface area contributed by atoms with Gasteiger partial charge in [0.1, 0.15) is 0 Å². The van der Waals surface area contributed by atoms with Gasteiger partial charge in [0.05, 0.1) is 11.4 Å². The zero-order valence-electron chi connectivity index (χ0n) is 21.2. The first-order valence-electron chi connectivity index (χ1n) is 12.6. The Balaban J connectivity index is 1.60. The summed E-state index contributed by atoms with van der Waals surface area (Å²) in [7, 11) is -2.73. The lowest BCUT2D eigenvalue weighted by atomic mass is 10.0. The molecule has 4 aromatic carbocycles. The van der Waals surface area contributed by atoms with E-state index in [9.17, 15) is 8.63 Å². The average molecular weight is 498 g/mol. The monoisotopic (exact) mass is 498 g/mol. The minimum absolute atomic E-state index is 0.442. The number of hydrogen-bond acceptors (Lipinski definition) is 1. The van der Waals surface area contributed by atoms with Crippen molar-refractivity contribution in [2.75, 3.05) is 0 Å². The van der Waals surface area contributed by atoms with Gasteiger partial charge in [-0.1, -0.05) is 114 Å². The summed E-state index contributed by atoms with van der Waals surface area (Å²) >= 11 is 0. The second-order valence-corrected chi connectivity index (χ2v) is 9.61. The summed E-state index contributed by atoms with van der Waals surface area (Å²) in [5.41, 5.74) is 8.31. The van der Waals surface area contributed by atoms with Gasteiger partial charge in [-0.15, -0.1) is 0 Å². The molecule has 0 spiro atoms. The summed E-state index contributed by atoms with van der Waals surface area (Å²) in [5.74, 6) is 0. The summed E-state index contributed by atoms with van der Waals surface area (Å²) in [6.45, 7) is 4.04. The maximum Gasteiger partial charge on any atom is 0.678 e. The maximum absolute atomic E-state index is 14.8. The third kappa shape index (κ3) is 4.30. The van der Waals surface area contributed by atoms with Crippen molar-refractivity contribution in [2.24, 2.45) is 4.99 Å². The molecule has 0 unspecified atom stereocenters. The maximum atomic E-state index is 14.8. The Morgan fingerprint density at radius 3 is 1.87 bits per heavy atom. The Morgan fingerprint density at radius 1 is 0.658 bits per heavy atom. The number of aromatic nitrogens is 1. The molecule has 0 aliphatic carbocycles. The highest BCUT2D eigenvalue weighted by Crippen LogP contribution is 2.39. The standard InChI is InChI=1S/C33H25BF2N2/c1-22-12-16-25(17-13-22)30-20-29(24-8-4-3-5-9-24)31(37-30)21-32-27-10-6-7-11-28(27)33(38(32)34(35)36)26-18-14-23(2)15-19-26/h3-21H,1-2H3. The SMILES string of the molecule is Cc1ccc(C2=NC(=Cc3c4ccccc4c(-c4ccc(C)cc4)n3B(F)F)C(c3ccccc3)=C2)cc1. The molecule has 5 heteroatoms. The predicted molar refractivity (Wildman–Crippen MR) is 156 cm³/mol. The van der Waals surface area contributed by atoms with Crippen LogP contribution in [0.5, 0.6) is 0 Å². The smallest absolute Gasteiger partial charge is 0.324 e. The number of aliphatic imine (C=N–C) groups is 1. The molecule has 2 nitrogen and oxygen atoms in total. The van der Waals surface area contributed by atoms with E-state index in [-0.39, 0.29) is 0 Å². The minimum atomic E-state index is -2.73. The van der Waals surface area contributed by atoms with Crippen LogP contribution in [0.25, 0.3) is 33.7 Å². The van der Waals surface area contributed by atoms with Crippen molar-refractivity contribution >= 4 is 35.5 Å². The van der Waals surface area contributed by atoms with Gasteiger partial charge in [-0.05, 0) is 37.1 Å². The molecule has 6 rings (SSSR count). The molecule has 0 fully saturated rings. The molecular weight excluding hydrogens is 473 g/mol. The quantitative estimate of drug-likeness (QED) is 0.216. The fourth-order valence-corrected chi connectivity index (χ4v) is 5.04. The third-order valence-corrected chi connectivity index (χ3v) is 6.98. The van der Waals surface area contributed by atoms with E-state index in [0.29, 0.717) is 17.1 Å². The molecular formula is C33H25BF2N2. The number of hydrogen-bond donors (Lipinski definition) is 0. The van der Waals surface area contributed by atoms with Gasteiger partial charge in [-0.3, -0.25) is 8.63 Å². The first kappa shape index (κ1) is 23.9. The van der Waals surface area contributed by atoms with Crippen molar-refractivity contribution in [3.8, 4) is 11.3 Å². The van der Waals surface area contributed by atoms with Gasteiger partial charge in [0, 0.05) is 33.3 Å². The number of fused-ring (bicyclic) bond motifs is 1. The van der Waals surface area contributed by atoms with Gasteiger partial charge >= 0.3 is 7.40 Å². The molecule has 0 saturated heterocycles. The van der Waals surface area contributed by atoms with Crippen LogP contribution in [-0.2, 0) is 0 Å². The van der Waals surface area contributed by atoms with Gasteiger partial charge in [0.15, 0.2) is 0 Å². The van der Waals surface area contributed by atoms with Crippen LogP contribution in [0.2, 0.25) is 0 Å². The predicted octanol–water partition coefficient (Wildman–Crippen LogP) is 8.62. The van der Waals surface area contributed by atoms with E-state index >= 15 is 0 Å². The van der Waals surface area contributed by atoms with Crippen molar-refractivity contribution in [1.29, 1.82) is 0 Å². The lowest BCUT2D eigenvalue weighted by Gasteiger charge is -2.11. The van der Waals surface area contributed by atoms with Crippen molar-refractivity contribution in [1.82, 2.24) is 4.48 Å². The Morgan fingerprint density at radius 2 is 1.24 bits per heavy atom. The number of nitrogens with zero attached hydrogens (tertiary/aromatic N) is 2. The van der Waals surface area contributed by atoms with Crippen LogP contribution >= 0.6 is 0 Å². The van der Waals surface area contributed by atoms with Crippen LogP contribution in [0.15, 0.2) is 120 Å². The molecule has 38 heavy (non-hydrogen) atoms. The van der Waals surface area contributed by atoms with E-state index in [1.807, 2.05) is 117 Å². The van der Waals surface area contributed by atoms with E-state index in [2.05, 4.69) is 12.1 Å². The highest BCUT2D eigenvalue weighted by atomic mass is 19.2. The molecule has 0 amide bonds. The van der Waals surface area contributed by atoms with Crippen molar-refractivity contribution in [2.45, 2.75) is 13.8 Å². The number of aryl methyl sites for hydroxylation is 2. The van der Waals surface area contributed by atoms with Crippen molar-refractivity contribution < 1.29 is 8.63 Å². The van der Waals surface area contributed by atoms with Crippen LogP contribution in [0.4, 0.5) is 8.63 Å². The summed E-state index contributed by atoms with van der Waals surface area (Å²) < 4.78 is 30.8. The largest absolute Gasteiger partial charge is 0.678 e. The van der Waals surface area contributed by atoms with Crippen LogP contribution in [0, 0.1) is 13.8 Å². The molecule has 0 saturated carbocycles. The van der Waals surface area contributed by atoms with Crippen LogP contribution in [0.3, 0.4) is 0 Å². The molecule has 184 valence electrons. The fourth-order valence-electron chi connectivity index (χ4n) is 5.04. The third-order valence-electron chi connectivity index (χ3n) is 6.98. The number of halogens is 2. The minimum Gasteiger partial charge on any atom is -0.324 e. The Labute approximate surface area is 221 Å². The zero-order chi connectivity index (χ0) is 26.2. The summed E-state index contributed by atoms with van der Waals surface area (Å²) in [6.07, 6.45) is 3.86. The van der Waals surface area contributed by atoms with E-state index in [1.165, 1.54) is 5.56 Å². The normalized spacial score (nSPS) is 14.2. The molecule has 1 aliphatic rings. The van der Waals surface area contributed by atoms with Gasteiger partial charge in [-0.2, -0.15) is 0 Å². The lowest BCUT2D eigenvalue weighted by molar-refractivity contribution is 0.631. The molecule has 1 aliphatic heterocycles. The van der Waals surface area contributed by atoms with Crippen molar-refractivity contribution in [3.63, 3.8) is 0 Å². The van der Waals surface area contributed by atoms with Gasteiger partial charge in [-0.25, -0.2) is 4.99 Å². The van der Waals surface area contributed by atoms with Crippen LogP contribution < -0.4 is 0 Å². The molecule has 0 bridgehead atoms. The highest BCUT2D eigenvalue weighted by Gasteiger charge is 2.29. The number of rotatable bonds is 5. The summed E-state index contributed by atoms with van der Waals surface area (Å²) in [5, 5.41) is 1.55. The zero-order valence-corrected chi connectivity index (χ0v) is 21.2. The van der Waals surface area contributed by atoms with Crippen LogP contribution in [-0.4, -0.2) is 17.6 Å². The molecule has 2 heterocycles. The molecule has 1 aromatic heterocycles. The van der Waals surface area contributed by atoms with E-state index < -0.39 is 7.40 Å². The highest BCUT2D eigenvalue weighted by molar-refractivity contribution is 6.43. The van der Waals surface area contributed by atoms with Crippen molar-refractivity contribution in [3.05, 3.63) is 143 Å². The summed E-state index contributed by atoms with van der Waals surface area (Å²) in [4.78, 5) is 4.97.